The molecule has 0 aliphatic heterocycles. The van der Waals surface area contributed by atoms with Crippen molar-refractivity contribution in [3.63, 3.8) is 0 Å². The van der Waals surface area contributed by atoms with Gasteiger partial charge in [0.25, 0.3) is 0 Å². The number of esters is 1. The number of hydrogen-bond donors (Lipinski definition) is 1. The SMILES string of the molecule is COC(=O)CNS(=O)(=O)CCC(C)C. The molecule has 0 atom stereocenters. The van der Waals surface area contributed by atoms with Gasteiger partial charge in [-0.2, -0.15) is 0 Å². The summed E-state index contributed by atoms with van der Waals surface area (Å²) in [5.74, 6) is -0.218. The quantitative estimate of drug-likeness (QED) is 0.649. The van der Waals surface area contributed by atoms with Crippen LogP contribution in [0.2, 0.25) is 0 Å². The van der Waals surface area contributed by atoms with Crippen molar-refractivity contribution in [2.45, 2.75) is 20.3 Å². The van der Waals surface area contributed by atoms with E-state index in [1.54, 1.807) is 0 Å². The lowest BCUT2D eigenvalue weighted by atomic mass is 10.2. The third kappa shape index (κ3) is 6.85. The first-order chi connectivity index (χ1) is 6.37. The van der Waals surface area contributed by atoms with Gasteiger partial charge in [-0.15, -0.1) is 0 Å². The summed E-state index contributed by atoms with van der Waals surface area (Å²) >= 11 is 0. The molecule has 0 aliphatic carbocycles. The highest BCUT2D eigenvalue weighted by Gasteiger charge is 2.12. The van der Waals surface area contributed by atoms with Gasteiger partial charge in [-0.05, 0) is 12.3 Å². The van der Waals surface area contributed by atoms with E-state index in [4.69, 9.17) is 0 Å². The molecule has 0 spiro atoms. The first-order valence-corrected chi connectivity index (χ1v) is 6.06. The summed E-state index contributed by atoms with van der Waals surface area (Å²) in [7, 11) is -2.12. The Kier molecular flexibility index (Phi) is 5.71. The van der Waals surface area contributed by atoms with Crippen molar-refractivity contribution in [2.75, 3.05) is 19.4 Å². The maximum atomic E-state index is 11.2. The first kappa shape index (κ1) is 13.4. The summed E-state index contributed by atoms with van der Waals surface area (Å²) in [5, 5.41) is 0. The van der Waals surface area contributed by atoms with Crippen molar-refractivity contribution in [2.24, 2.45) is 5.92 Å². The average molecular weight is 223 g/mol. The van der Waals surface area contributed by atoms with Crippen LogP contribution in [0.1, 0.15) is 20.3 Å². The second-order valence-corrected chi connectivity index (χ2v) is 5.33. The molecular formula is C8H17NO4S. The van der Waals surface area contributed by atoms with E-state index in [1.807, 2.05) is 13.8 Å². The molecule has 1 N–H and O–H groups in total. The molecule has 0 radical (unpaired) electrons. The van der Waals surface area contributed by atoms with E-state index in [0.717, 1.165) is 0 Å². The molecule has 5 nitrogen and oxygen atoms in total. The number of rotatable bonds is 6. The van der Waals surface area contributed by atoms with Crippen LogP contribution in [0.15, 0.2) is 0 Å². The summed E-state index contributed by atoms with van der Waals surface area (Å²) in [6, 6.07) is 0. The standard InChI is InChI=1S/C8H17NO4S/c1-7(2)4-5-14(11,12)9-6-8(10)13-3/h7,9H,4-6H2,1-3H3. The Hall–Kier alpha value is -0.620. The fourth-order valence-corrected chi connectivity index (χ4v) is 1.97. The van der Waals surface area contributed by atoms with Gasteiger partial charge in [-0.3, -0.25) is 4.79 Å². The molecule has 14 heavy (non-hydrogen) atoms. The van der Waals surface area contributed by atoms with Crippen molar-refractivity contribution in [3.05, 3.63) is 0 Å². The zero-order valence-corrected chi connectivity index (χ0v) is 9.56. The molecule has 0 unspecified atom stereocenters. The maximum absolute atomic E-state index is 11.2. The third-order valence-electron chi connectivity index (χ3n) is 1.63. The van der Waals surface area contributed by atoms with Crippen LogP contribution in [0, 0.1) is 5.92 Å². The van der Waals surface area contributed by atoms with E-state index < -0.39 is 16.0 Å². The molecule has 0 amide bonds. The predicted octanol–water partition coefficient (Wildman–Crippen LogP) is 0.125. The molecule has 0 aromatic carbocycles. The van der Waals surface area contributed by atoms with Crippen LogP contribution in [-0.2, 0) is 19.6 Å². The van der Waals surface area contributed by atoms with Crippen LogP contribution < -0.4 is 4.72 Å². The minimum absolute atomic E-state index is 0.0433. The Morgan fingerprint density at radius 2 is 2.00 bits per heavy atom. The van der Waals surface area contributed by atoms with Gasteiger partial charge in [-0.25, -0.2) is 13.1 Å². The lowest BCUT2D eigenvalue weighted by Gasteiger charge is -2.06. The normalized spacial score (nSPS) is 11.7. The molecular weight excluding hydrogens is 206 g/mol. The monoisotopic (exact) mass is 223 g/mol. The van der Waals surface area contributed by atoms with Gasteiger partial charge in [0.05, 0.1) is 12.9 Å². The molecule has 0 heterocycles. The van der Waals surface area contributed by atoms with E-state index >= 15 is 0 Å². The Balaban J connectivity index is 3.90. The van der Waals surface area contributed by atoms with Gasteiger partial charge in [0.2, 0.25) is 10.0 Å². The van der Waals surface area contributed by atoms with Gasteiger partial charge in [0.15, 0.2) is 0 Å². The molecule has 0 saturated carbocycles. The molecule has 0 saturated heterocycles. The van der Waals surface area contributed by atoms with Crippen molar-refractivity contribution >= 4 is 16.0 Å². The molecule has 0 aromatic heterocycles. The number of carbonyl (C=O) groups is 1. The molecule has 0 aliphatic rings. The average Bonchev–Trinajstić information content (AvgIpc) is 2.11. The minimum atomic E-state index is -3.33. The van der Waals surface area contributed by atoms with Crippen molar-refractivity contribution < 1.29 is 17.9 Å². The summed E-state index contributed by atoms with van der Waals surface area (Å²) in [4.78, 5) is 10.6. The van der Waals surface area contributed by atoms with E-state index in [1.165, 1.54) is 7.11 Å². The Morgan fingerprint density at radius 1 is 1.43 bits per heavy atom. The van der Waals surface area contributed by atoms with E-state index in [2.05, 4.69) is 9.46 Å². The lowest BCUT2D eigenvalue weighted by Crippen LogP contribution is -2.32. The lowest BCUT2D eigenvalue weighted by molar-refractivity contribution is -0.139. The van der Waals surface area contributed by atoms with Gasteiger partial charge in [0, 0.05) is 0 Å². The van der Waals surface area contributed by atoms with Gasteiger partial charge in [-0.1, -0.05) is 13.8 Å². The van der Waals surface area contributed by atoms with E-state index in [9.17, 15) is 13.2 Å². The number of sulfonamides is 1. The maximum Gasteiger partial charge on any atom is 0.320 e. The Bertz CT molecular complexity index is 271. The molecule has 84 valence electrons. The highest BCUT2D eigenvalue weighted by atomic mass is 32.2. The number of ether oxygens (including phenoxy) is 1. The van der Waals surface area contributed by atoms with Crippen LogP contribution in [0.25, 0.3) is 0 Å². The van der Waals surface area contributed by atoms with Crippen molar-refractivity contribution in [3.8, 4) is 0 Å². The van der Waals surface area contributed by atoms with E-state index in [-0.39, 0.29) is 12.3 Å². The Morgan fingerprint density at radius 3 is 2.43 bits per heavy atom. The largest absolute Gasteiger partial charge is 0.468 e. The molecule has 0 rings (SSSR count). The van der Waals surface area contributed by atoms with Crippen LogP contribution in [0.5, 0.6) is 0 Å². The van der Waals surface area contributed by atoms with Crippen LogP contribution in [0.4, 0.5) is 0 Å². The first-order valence-electron chi connectivity index (χ1n) is 4.41. The summed E-state index contributed by atoms with van der Waals surface area (Å²) in [6.07, 6.45) is 0.580. The predicted molar refractivity (Wildman–Crippen MR) is 53.3 cm³/mol. The summed E-state index contributed by atoms with van der Waals surface area (Å²) in [6.45, 7) is 3.59. The topological polar surface area (TPSA) is 72.5 Å². The summed E-state index contributed by atoms with van der Waals surface area (Å²) in [5.41, 5.74) is 0. The number of methoxy groups -OCH3 is 1. The van der Waals surface area contributed by atoms with Crippen LogP contribution in [0.3, 0.4) is 0 Å². The van der Waals surface area contributed by atoms with Gasteiger partial charge in [0.1, 0.15) is 6.54 Å². The second-order valence-electron chi connectivity index (χ2n) is 3.40. The Labute approximate surface area is 84.9 Å². The number of nitrogens with one attached hydrogen (secondary N) is 1. The highest BCUT2D eigenvalue weighted by molar-refractivity contribution is 7.89. The molecule has 6 heteroatoms. The molecule has 0 aromatic rings. The van der Waals surface area contributed by atoms with Crippen molar-refractivity contribution in [1.82, 2.24) is 4.72 Å². The third-order valence-corrected chi connectivity index (χ3v) is 2.99. The smallest absolute Gasteiger partial charge is 0.320 e. The number of hydrogen-bond acceptors (Lipinski definition) is 4. The van der Waals surface area contributed by atoms with Crippen LogP contribution in [-0.4, -0.2) is 33.8 Å². The zero-order valence-electron chi connectivity index (χ0n) is 8.74. The molecule has 0 fully saturated rings. The second kappa shape index (κ2) is 5.98. The number of carbonyl (C=O) groups excluding carboxylic acids is 1. The molecule has 0 bridgehead atoms. The highest BCUT2D eigenvalue weighted by Crippen LogP contribution is 2.01. The van der Waals surface area contributed by atoms with Gasteiger partial charge >= 0.3 is 5.97 Å². The van der Waals surface area contributed by atoms with Crippen molar-refractivity contribution in [1.29, 1.82) is 0 Å². The van der Waals surface area contributed by atoms with Crippen LogP contribution >= 0.6 is 0 Å². The van der Waals surface area contributed by atoms with Gasteiger partial charge < -0.3 is 4.74 Å². The fourth-order valence-electron chi connectivity index (χ4n) is 0.704. The fraction of sp³-hybridized carbons (Fsp3) is 0.875. The zero-order chi connectivity index (χ0) is 11.2. The van der Waals surface area contributed by atoms with E-state index in [0.29, 0.717) is 12.3 Å². The summed E-state index contributed by atoms with van der Waals surface area (Å²) < 4.78 is 28.9. The minimum Gasteiger partial charge on any atom is -0.468 e.